The quantitative estimate of drug-likeness (QED) is 0.943. The molecule has 0 aliphatic carbocycles. The number of fused-ring (bicyclic) bond motifs is 1. The van der Waals surface area contributed by atoms with Crippen molar-refractivity contribution in [1.29, 1.82) is 0 Å². The van der Waals surface area contributed by atoms with E-state index in [0.717, 1.165) is 6.20 Å². The number of ether oxygens (including phenoxy) is 2. The predicted octanol–water partition coefficient (Wildman–Crippen LogP) is 2.30. The van der Waals surface area contributed by atoms with Gasteiger partial charge in [-0.2, -0.15) is 13.9 Å². The molecule has 8 heteroatoms. The van der Waals surface area contributed by atoms with Gasteiger partial charge in [-0.3, -0.25) is 4.79 Å². The maximum atomic E-state index is 12.4. The van der Waals surface area contributed by atoms with Gasteiger partial charge in [0, 0.05) is 18.0 Å². The van der Waals surface area contributed by atoms with Crippen molar-refractivity contribution in [1.82, 2.24) is 9.78 Å². The van der Waals surface area contributed by atoms with Crippen LogP contribution in [0.25, 0.3) is 0 Å². The lowest BCUT2D eigenvalue weighted by Crippen LogP contribution is -2.17. The number of carbonyl (C=O) groups is 1. The number of carbonyl (C=O) groups excluding carboxylic acids is 1. The van der Waals surface area contributed by atoms with Crippen molar-refractivity contribution in [3.05, 3.63) is 36.2 Å². The summed E-state index contributed by atoms with van der Waals surface area (Å²) in [6.45, 7) is -1.87. The summed E-state index contributed by atoms with van der Waals surface area (Å²) in [5.74, 6) is 0.546. The fourth-order valence-electron chi connectivity index (χ4n) is 1.88. The summed E-state index contributed by atoms with van der Waals surface area (Å²) >= 11 is 0. The van der Waals surface area contributed by atoms with Crippen molar-refractivity contribution in [2.24, 2.45) is 0 Å². The minimum Gasteiger partial charge on any atom is -0.486 e. The fraction of sp³-hybridized carbons (Fsp3) is 0.231. The molecule has 2 aromatic rings. The summed E-state index contributed by atoms with van der Waals surface area (Å²) in [4.78, 5) is 11.9. The standard InChI is InChI=1S/C13H11F2N3O3/c14-13(15)18-4-3-9(17-18)12(19)16-8-1-2-10-11(7-8)21-6-5-20-10/h1-4,7,13H,5-6H2,(H,16,19). The monoisotopic (exact) mass is 295 g/mol. The molecule has 1 amide bonds. The molecule has 0 radical (unpaired) electrons. The molecule has 1 aliphatic heterocycles. The number of anilines is 1. The molecule has 6 nitrogen and oxygen atoms in total. The maximum Gasteiger partial charge on any atom is 0.333 e. The second kappa shape index (κ2) is 5.39. The Morgan fingerprint density at radius 3 is 2.71 bits per heavy atom. The molecule has 0 spiro atoms. The lowest BCUT2D eigenvalue weighted by Gasteiger charge is -2.18. The Morgan fingerprint density at radius 1 is 1.24 bits per heavy atom. The number of alkyl halides is 2. The zero-order valence-electron chi connectivity index (χ0n) is 10.8. The van der Waals surface area contributed by atoms with Crippen molar-refractivity contribution in [2.45, 2.75) is 6.55 Å². The Labute approximate surface area is 118 Å². The zero-order chi connectivity index (χ0) is 14.8. The molecule has 21 heavy (non-hydrogen) atoms. The highest BCUT2D eigenvalue weighted by atomic mass is 19.3. The summed E-state index contributed by atoms with van der Waals surface area (Å²) in [6.07, 6.45) is 1.05. The molecule has 1 aliphatic rings. The lowest BCUT2D eigenvalue weighted by atomic mass is 10.2. The van der Waals surface area contributed by atoms with Crippen LogP contribution >= 0.6 is 0 Å². The SMILES string of the molecule is O=C(Nc1ccc2c(c1)OCCO2)c1ccn(C(F)F)n1. The Balaban J connectivity index is 1.74. The van der Waals surface area contributed by atoms with E-state index in [1.807, 2.05) is 0 Å². The Hall–Kier alpha value is -2.64. The molecule has 1 N–H and O–H groups in total. The summed E-state index contributed by atoms with van der Waals surface area (Å²) < 4.78 is 36.0. The molecule has 110 valence electrons. The normalized spacial score (nSPS) is 13.3. The number of nitrogens with zero attached hydrogens (tertiary/aromatic N) is 2. The number of halogens is 2. The third-order valence-corrected chi connectivity index (χ3v) is 2.84. The average Bonchev–Trinajstić information content (AvgIpc) is 2.97. The maximum absolute atomic E-state index is 12.4. The third-order valence-electron chi connectivity index (χ3n) is 2.84. The molecule has 0 saturated heterocycles. The van der Waals surface area contributed by atoms with Gasteiger partial charge in [0.25, 0.3) is 5.91 Å². The summed E-state index contributed by atoms with van der Waals surface area (Å²) in [5.41, 5.74) is 0.376. The average molecular weight is 295 g/mol. The molecule has 1 aromatic carbocycles. The van der Waals surface area contributed by atoms with Gasteiger partial charge in [-0.15, -0.1) is 0 Å². The van der Waals surface area contributed by atoms with E-state index in [2.05, 4.69) is 10.4 Å². The van der Waals surface area contributed by atoms with E-state index in [9.17, 15) is 13.6 Å². The number of amides is 1. The molecule has 0 saturated carbocycles. The number of nitrogens with one attached hydrogen (secondary N) is 1. The van der Waals surface area contributed by atoms with Crippen LogP contribution < -0.4 is 14.8 Å². The van der Waals surface area contributed by atoms with Crippen LogP contribution in [0.5, 0.6) is 11.5 Å². The summed E-state index contributed by atoms with van der Waals surface area (Å²) in [6, 6.07) is 6.13. The fourth-order valence-corrected chi connectivity index (χ4v) is 1.88. The van der Waals surface area contributed by atoms with Crippen LogP contribution in [0.1, 0.15) is 17.0 Å². The van der Waals surface area contributed by atoms with Crippen LogP contribution in [-0.4, -0.2) is 28.9 Å². The second-order valence-corrected chi connectivity index (χ2v) is 4.27. The van der Waals surface area contributed by atoms with Crippen LogP contribution in [0.4, 0.5) is 14.5 Å². The van der Waals surface area contributed by atoms with Crippen LogP contribution in [-0.2, 0) is 0 Å². The smallest absolute Gasteiger partial charge is 0.333 e. The van der Waals surface area contributed by atoms with E-state index in [-0.39, 0.29) is 5.69 Å². The van der Waals surface area contributed by atoms with E-state index in [1.165, 1.54) is 6.07 Å². The van der Waals surface area contributed by atoms with Crippen molar-refractivity contribution in [2.75, 3.05) is 18.5 Å². The topological polar surface area (TPSA) is 65.4 Å². The van der Waals surface area contributed by atoms with E-state index < -0.39 is 12.5 Å². The van der Waals surface area contributed by atoms with Gasteiger partial charge >= 0.3 is 6.55 Å². The predicted molar refractivity (Wildman–Crippen MR) is 68.9 cm³/mol. The van der Waals surface area contributed by atoms with Crippen molar-refractivity contribution >= 4 is 11.6 Å². The largest absolute Gasteiger partial charge is 0.486 e. The first-order valence-corrected chi connectivity index (χ1v) is 6.18. The van der Waals surface area contributed by atoms with Crippen LogP contribution in [0.15, 0.2) is 30.5 Å². The molecule has 2 heterocycles. The van der Waals surface area contributed by atoms with Gasteiger partial charge in [-0.05, 0) is 18.2 Å². The van der Waals surface area contributed by atoms with Gasteiger partial charge < -0.3 is 14.8 Å². The number of rotatable bonds is 3. The molecular formula is C13H11F2N3O3. The first-order chi connectivity index (χ1) is 10.1. The van der Waals surface area contributed by atoms with E-state index in [4.69, 9.17) is 9.47 Å². The number of hydrogen-bond donors (Lipinski definition) is 1. The Morgan fingerprint density at radius 2 is 2.00 bits per heavy atom. The minimum atomic E-state index is -2.78. The number of aromatic nitrogens is 2. The molecule has 0 unspecified atom stereocenters. The molecule has 1 aromatic heterocycles. The van der Waals surface area contributed by atoms with Crippen molar-refractivity contribution < 1.29 is 23.0 Å². The highest BCUT2D eigenvalue weighted by Gasteiger charge is 2.16. The van der Waals surface area contributed by atoms with Gasteiger partial charge in [0.1, 0.15) is 13.2 Å². The molecule has 0 atom stereocenters. The molecule has 0 bridgehead atoms. The second-order valence-electron chi connectivity index (χ2n) is 4.27. The van der Waals surface area contributed by atoms with Crippen LogP contribution in [0, 0.1) is 0 Å². The van der Waals surface area contributed by atoms with E-state index >= 15 is 0 Å². The Kier molecular flexibility index (Phi) is 3.43. The van der Waals surface area contributed by atoms with E-state index in [0.29, 0.717) is 35.1 Å². The van der Waals surface area contributed by atoms with Crippen molar-refractivity contribution in [3.63, 3.8) is 0 Å². The van der Waals surface area contributed by atoms with Gasteiger partial charge in [0.15, 0.2) is 17.2 Å². The molecular weight excluding hydrogens is 284 g/mol. The first-order valence-electron chi connectivity index (χ1n) is 6.18. The molecule has 0 fully saturated rings. The van der Waals surface area contributed by atoms with Crippen molar-refractivity contribution in [3.8, 4) is 11.5 Å². The summed E-state index contributed by atoms with van der Waals surface area (Å²) in [7, 11) is 0. The van der Waals surface area contributed by atoms with Gasteiger partial charge in [0.2, 0.25) is 0 Å². The van der Waals surface area contributed by atoms with Gasteiger partial charge in [0.05, 0.1) is 0 Å². The highest BCUT2D eigenvalue weighted by Crippen LogP contribution is 2.32. The van der Waals surface area contributed by atoms with Gasteiger partial charge in [-0.25, -0.2) is 4.68 Å². The van der Waals surface area contributed by atoms with Gasteiger partial charge in [-0.1, -0.05) is 0 Å². The van der Waals surface area contributed by atoms with Crippen LogP contribution in [0.2, 0.25) is 0 Å². The van der Waals surface area contributed by atoms with Crippen LogP contribution in [0.3, 0.4) is 0 Å². The zero-order valence-corrected chi connectivity index (χ0v) is 10.8. The minimum absolute atomic E-state index is 0.0924. The third kappa shape index (κ3) is 2.78. The Bertz CT molecular complexity index is 672. The number of hydrogen-bond acceptors (Lipinski definition) is 4. The molecule has 3 rings (SSSR count). The first kappa shape index (κ1) is 13.3. The lowest BCUT2D eigenvalue weighted by molar-refractivity contribution is 0.0561. The number of benzene rings is 1. The van der Waals surface area contributed by atoms with E-state index in [1.54, 1.807) is 18.2 Å². The summed E-state index contributed by atoms with van der Waals surface area (Å²) in [5, 5.41) is 6.06. The highest BCUT2D eigenvalue weighted by molar-refractivity contribution is 6.02.